The molecule has 2 aromatic heterocycles. The molecule has 6 heteroatoms. The van der Waals surface area contributed by atoms with Crippen LogP contribution >= 0.6 is 0 Å². The highest BCUT2D eigenvalue weighted by atomic mass is 16.3. The van der Waals surface area contributed by atoms with Crippen molar-refractivity contribution in [2.24, 2.45) is 5.41 Å². The molecule has 4 rings (SSSR count). The molecule has 120 valence electrons. The molecule has 4 heterocycles. The van der Waals surface area contributed by atoms with Gasteiger partial charge in [0.25, 0.3) is 0 Å². The van der Waals surface area contributed by atoms with Crippen molar-refractivity contribution in [3.05, 3.63) is 42.9 Å². The number of hydrogen-bond donors (Lipinski definition) is 0. The molecular formula is C17H20N4O2. The van der Waals surface area contributed by atoms with Crippen LogP contribution < -0.4 is 4.90 Å². The zero-order valence-electron chi connectivity index (χ0n) is 13.0. The molecule has 0 bridgehead atoms. The van der Waals surface area contributed by atoms with Crippen LogP contribution in [0.5, 0.6) is 0 Å². The van der Waals surface area contributed by atoms with Crippen molar-refractivity contribution in [2.75, 3.05) is 24.5 Å². The Kier molecular flexibility index (Phi) is 3.61. The van der Waals surface area contributed by atoms with Crippen LogP contribution in [0, 0.1) is 5.41 Å². The second kappa shape index (κ2) is 5.77. The number of nitrogens with zero attached hydrogens (tertiary/aromatic N) is 4. The van der Waals surface area contributed by atoms with Crippen LogP contribution in [0.4, 0.5) is 5.69 Å². The SMILES string of the molecule is O=C1N(c2cncnc2)CC[C@]12CCCN(Cc1ccco1)C2. The molecule has 2 aliphatic heterocycles. The molecule has 1 spiro atoms. The van der Waals surface area contributed by atoms with E-state index in [0.717, 1.165) is 56.9 Å². The lowest BCUT2D eigenvalue weighted by Gasteiger charge is -2.38. The van der Waals surface area contributed by atoms with Crippen molar-refractivity contribution >= 4 is 11.6 Å². The van der Waals surface area contributed by atoms with Gasteiger partial charge in [0.1, 0.15) is 12.1 Å². The molecule has 1 amide bonds. The third-order valence-electron chi connectivity index (χ3n) is 4.99. The summed E-state index contributed by atoms with van der Waals surface area (Å²) in [4.78, 5) is 25.3. The Morgan fingerprint density at radius 2 is 2.09 bits per heavy atom. The number of amides is 1. The normalized spacial score (nSPS) is 25.4. The van der Waals surface area contributed by atoms with Gasteiger partial charge in [0.2, 0.25) is 5.91 Å². The van der Waals surface area contributed by atoms with Gasteiger partial charge >= 0.3 is 0 Å². The predicted octanol–water partition coefficient (Wildman–Crippen LogP) is 2.09. The van der Waals surface area contributed by atoms with Gasteiger partial charge in [-0.25, -0.2) is 9.97 Å². The lowest BCUT2D eigenvalue weighted by molar-refractivity contribution is -0.128. The molecule has 0 radical (unpaired) electrons. The second-order valence-corrected chi connectivity index (χ2v) is 6.48. The van der Waals surface area contributed by atoms with Crippen LogP contribution in [-0.2, 0) is 11.3 Å². The zero-order valence-corrected chi connectivity index (χ0v) is 13.0. The Balaban J connectivity index is 1.51. The van der Waals surface area contributed by atoms with E-state index in [1.165, 1.54) is 6.33 Å². The van der Waals surface area contributed by atoms with Crippen LogP contribution in [0.25, 0.3) is 0 Å². The molecule has 23 heavy (non-hydrogen) atoms. The van der Waals surface area contributed by atoms with E-state index < -0.39 is 0 Å². The minimum absolute atomic E-state index is 0.219. The summed E-state index contributed by atoms with van der Waals surface area (Å²) >= 11 is 0. The van der Waals surface area contributed by atoms with E-state index in [1.807, 2.05) is 17.0 Å². The van der Waals surface area contributed by atoms with Gasteiger partial charge in [-0.05, 0) is 37.9 Å². The molecule has 1 atom stereocenters. The first-order valence-electron chi connectivity index (χ1n) is 8.09. The molecule has 2 saturated heterocycles. The summed E-state index contributed by atoms with van der Waals surface area (Å²) in [5.41, 5.74) is 0.540. The Hall–Kier alpha value is -2.21. The fourth-order valence-electron chi connectivity index (χ4n) is 3.86. The van der Waals surface area contributed by atoms with Crippen LogP contribution in [0.2, 0.25) is 0 Å². The maximum Gasteiger partial charge on any atom is 0.234 e. The third-order valence-corrected chi connectivity index (χ3v) is 4.99. The molecule has 2 fully saturated rings. The number of hydrogen-bond acceptors (Lipinski definition) is 5. The van der Waals surface area contributed by atoms with Crippen molar-refractivity contribution < 1.29 is 9.21 Å². The molecule has 0 saturated carbocycles. The number of likely N-dealkylation sites (tertiary alicyclic amines) is 1. The predicted molar refractivity (Wildman–Crippen MR) is 84.7 cm³/mol. The van der Waals surface area contributed by atoms with Gasteiger partial charge in [-0.15, -0.1) is 0 Å². The smallest absolute Gasteiger partial charge is 0.234 e. The Bertz CT molecular complexity index is 673. The average Bonchev–Trinajstić information content (AvgIpc) is 3.19. The number of anilines is 1. The van der Waals surface area contributed by atoms with Gasteiger partial charge in [-0.3, -0.25) is 9.69 Å². The van der Waals surface area contributed by atoms with Gasteiger partial charge in [0, 0.05) is 13.1 Å². The Morgan fingerprint density at radius 3 is 2.87 bits per heavy atom. The van der Waals surface area contributed by atoms with Gasteiger partial charge < -0.3 is 9.32 Å². The van der Waals surface area contributed by atoms with Gasteiger partial charge in [-0.1, -0.05) is 0 Å². The van der Waals surface area contributed by atoms with Gasteiger partial charge in [0.15, 0.2) is 0 Å². The van der Waals surface area contributed by atoms with E-state index in [4.69, 9.17) is 4.42 Å². The van der Waals surface area contributed by atoms with Crippen LogP contribution in [-0.4, -0.2) is 40.4 Å². The van der Waals surface area contributed by atoms with E-state index in [1.54, 1.807) is 18.7 Å². The fraction of sp³-hybridized carbons (Fsp3) is 0.471. The number of piperidine rings is 1. The maximum absolute atomic E-state index is 13.1. The van der Waals surface area contributed by atoms with Crippen molar-refractivity contribution in [2.45, 2.75) is 25.8 Å². The highest BCUT2D eigenvalue weighted by molar-refractivity contribution is 5.99. The molecular weight excluding hydrogens is 292 g/mol. The zero-order chi connectivity index (χ0) is 15.7. The third kappa shape index (κ3) is 2.63. The van der Waals surface area contributed by atoms with Crippen LogP contribution in [0.1, 0.15) is 25.0 Å². The Morgan fingerprint density at radius 1 is 1.22 bits per heavy atom. The molecule has 2 aromatic rings. The highest BCUT2D eigenvalue weighted by Crippen LogP contribution is 2.41. The largest absolute Gasteiger partial charge is 0.468 e. The lowest BCUT2D eigenvalue weighted by atomic mass is 9.78. The second-order valence-electron chi connectivity index (χ2n) is 6.48. The summed E-state index contributed by atoms with van der Waals surface area (Å²) in [6.07, 6.45) is 9.53. The first kappa shape index (κ1) is 14.4. The minimum atomic E-state index is -0.263. The summed E-state index contributed by atoms with van der Waals surface area (Å²) in [5.74, 6) is 1.18. The van der Waals surface area contributed by atoms with E-state index in [0.29, 0.717) is 0 Å². The van der Waals surface area contributed by atoms with E-state index >= 15 is 0 Å². The fourth-order valence-corrected chi connectivity index (χ4v) is 3.86. The van der Waals surface area contributed by atoms with E-state index in [2.05, 4.69) is 14.9 Å². The summed E-state index contributed by atoms with van der Waals surface area (Å²) in [6, 6.07) is 3.90. The average molecular weight is 312 g/mol. The highest BCUT2D eigenvalue weighted by Gasteiger charge is 2.49. The molecule has 0 aromatic carbocycles. The topological polar surface area (TPSA) is 62.5 Å². The number of carbonyl (C=O) groups excluding carboxylic acids is 1. The Labute approximate surface area is 135 Å². The summed E-state index contributed by atoms with van der Waals surface area (Å²) < 4.78 is 5.45. The maximum atomic E-state index is 13.1. The van der Waals surface area contributed by atoms with E-state index in [-0.39, 0.29) is 11.3 Å². The van der Waals surface area contributed by atoms with Crippen molar-refractivity contribution in [3.8, 4) is 0 Å². The molecule has 0 unspecified atom stereocenters. The summed E-state index contributed by atoms with van der Waals surface area (Å²) in [7, 11) is 0. The number of furan rings is 1. The monoisotopic (exact) mass is 312 g/mol. The molecule has 0 N–H and O–H groups in total. The van der Waals surface area contributed by atoms with Gasteiger partial charge in [0.05, 0.1) is 36.3 Å². The molecule has 6 nitrogen and oxygen atoms in total. The quantitative estimate of drug-likeness (QED) is 0.868. The summed E-state index contributed by atoms with van der Waals surface area (Å²) in [5, 5.41) is 0. The van der Waals surface area contributed by atoms with Crippen molar-refractivity contribution in [1.82, 2.24) is 14.9 Å². The van der Waals surface area contributed by atoms with E-state index in [9.17, 15) is 4.79 Å². The first-order chi connectivity index (χ1) is 11.3. The standard InChI is InChI=1S/C17H20N4O2/c22-16-17(5-7-21(16)14-9-18-13-19-10-14)4-2-6-20(12-17)11-15-3-1-8-23-15/h1,3,8-10,13H,2,4-7,11-12H2/t17-/m0/s1. The first-order valence-corrected chi connectivity index (χ1v) is 8.09. The molecule has 2 aliphatic rings. The molecule has 0 aliphatic carbocycles. The van der Waals surface area contributed by atoms with Crippen LogP contribution in [0.15, 0.2) is 41.5 Å². The van der Waals surface area contributed by atoms with Crippen molar-refractivity contribution in [1.29, 1.82) is 0 Å². The lowest BCUT2D eigenvalue weighted by Crippen LogP contribution is -2.47. The van der Waals surface area contributed by atoms with Gasteiger partial charge in [-0.2, -0.15) is 0 Å². The number of carbonyl (C=O) groups is 1. The van der Waals surface area contributed by atoms with Crippen molar-refractivity contribution in [3.63, 3.8) is 0 Å². The van der Waals surface area contributed by atoms with Crippen LogP contribution in [0.3, 0.4) is 0 Å². The summed E-state index contributed by atoms with van der Waals surface area (Å²) in [6.45, 7) is 3.35. The number of rotatable bonds is 3. The minimum Gasteiger partial charge on any atom is -0.468 e. The number of aromatic nitrogens is 2.